The molecule has 0 amide bonds. The first-order valence-electron chi connectivity index (χ1n) is 9.52. The van der Waals surface area contributed by atoms with Crippen LogP contribution < -0.4 is 5.32 Å². The summed E-state index contributed by atoms with van der Waals surface area (Å²) in [6.45, 7) is 0.584. The second kappa shape index (κ2) is 7.56. The first-order chi connectivity index (χ1) is 14.4. The summed E-state index contributed by atoms with van der Waals surface area (Å²) < 4.78 is 1.90. The van der Waals surface area contributed by atoms with Crippen molar-refractivity contribution in [2.24, 2.45) is 0 Å². The maximum atomic E-state index is 4.87. The molecule has 0 unspecified atom stereocenters. The van der Waals surface area contributed by atoms with Gasteiger partial charge in [-0.05, 0) is 23.8 Å². The maximum absolute atomic E-state index is 4.87. The van der Waals surface area contributed by atoms with Gasteiger partial charge in [0.15, 0.2) is 11.6 Å². The van der Waals surface area contributed by atoms with Crippen molar-refractivity contribution in [1.82, 2.24) is 19.6 Å². The summed E-state index contributed by atoms with van der Waals surface area (Å²) >= 11 is 0. The third-order valence-electron chi connectivity index (χ3n) is 4.79. The van der Waals surface area contributed by atoms with Crippen LogP contribution in [0.3, 0.4) is 0 Å². The predicted molar refractivity (Wildman–Crippen MR) is 115 cm³/mol. The van der Waals surface area contributed by atoms with Gasteiger partial charge in [-0.2, -0.15) is 0 Å². The molecule has 0 bridgehead atoms. The highest BCUT2D eigenvalue weighted by atomic mass is 15.3. The number of hydrogen-bond donors (Lipinski definition) is 1. The van der Waals surface area contributed by atoms with Gasteiger partial charge in [0.25, 0.3) is 0 Å². The first-order valence-corrected chi connectivity index (χ1v) is 9.52. The van der Waals surface area contributed by atoms with Crippen LogP contribution in [0, 0.1) is 0 Å². The van der Waals surface area contributed by atoms with E-state index in [0.29, 0.717) is 12.4 Å². The summed E-state index contributed by atoms with van der Waals surface area (Å²) in [5.41, 5.74) is 5.11. The Morgan fingerprint density at radius 1 is 0.759 bits per heavy atom. The fraction of sp³-hybridized carbons (Fsp3) is 0.0417. The van der Waals surface area contributed by atoms with Crippen molar-refractivity contribution >= 4 is 11.3 Å². The smallest absolute Gasteiger partial charge is 0.182 e. The number of anilines is 1. The molecule has 0 radical (unpaired) electrons. The zero-order valence-corrected chi connectivity index (χ0v) is 15.7. The molecule has 5 aromatic rings. The number of nitrogens with one attached hydrogen (secondary N) is 1. The van der Waals surface area contributed by atoms with Crippen LogP contribution in [0.15, 0.2) is 97.3 Å². The highest BCUT2D eigenvalue weighted by molar-refractivity contribution is 5.89. The van der Waals surface area contributed by atoms with Crippen molar-refractivity contribution in [2.45, 2.75) is 6.54 Å². The fourth-order valence-electron chi connectivity index (χ4n) is 3.39. The minimum Gasteiger partial charge on any atom is -0.363 e. The minimum atomic E-state index is 0.584. The lowest BCUT2D eigenvalue weighted by molar-refractivity contribution is 0.907. The molecule has 3 heterocycles. The van der Waals surface area contributed by atoms with Gasteiger partial charge in [0.05, 0.1) is 12.2 Å². The van der Waals surface area contributed by atoms with E-state index in [1.165, 1.54) is 0 Å². The van der Waals surface area contributed by atoms with E-state index in [9.17, 15) is 0 Å². The zero-order valence-electron chi connectivity index (χ0n) is 15.7. The summed E-state index contributed by atoms with van der Waals surface area (Å²) in [6.07, 6.45) is 3.78. The van der Waals surface area contributed by atoms with Crippen LogP contribution in [0.1, 0.15) is 5.69 Å². The second-order valence-electron chi connectivity index (χ2n) is 6.71. The third-order valence-corrected chi connectivity index (χ3v) is 4.79. The van der Waals surface area contributed by atoms with Gasteiger partial charge in [-0.25, -0.2) is 9.50 Å². The summed E-state index contributed by atoms with van der Waals surface area (Å²) in [7, 11) is 0. The molecule has 3 aromatic heterocycles. The fourth-order valence-corrected chi connectivity index (χ4v) is 3.39. The molecule has 0 aliphatic rings. The molecule has 0 atom stereocenters. The van der Waals surface area contributed by atoms with Gasteiger partial charge in [0.1, 0.15) is 5.52 Å². The van der Waals surface area contributed by atoms with Crippen molar-refractivity contribution in [3.8, 4) is 22.5 Å². The number of benzene rings is 2. The van der Waals surface area contributed by atoms with Crippen LogP contribution >= 0.6 is 0 Å². The Kier molecular flexibility index (Phi) is 4.47. The molecule has 5 nitrogen and oxygen atoms in total. The van der Waals surface area contributed by atoms with Crippen molar-refractivity contribution < 1.29 is 0 Å². The lowest BCUT2D eigenvalue weighted by atomic mass is 10.1. The predicted octanol–water partition coefficient (Wildman–Crippen LogP) is 5.07. The molecule has 0 spiro atoms. The van der Waals surface area contributed by atoms with E-state index in [0.717, 1.165) is 33.7 Å². The Morgan fingerprint density at radius 2 is 1.48 bits per heavy atom. The first kappa shape index (κ1) is 17.1. The van der Waals surface area contributed by atoms with Crippen LogP contribution in [0.25, 0.3) is 28.0 Å². The molecule has 5 heteroatoms. The molecular formula is C24H19N5. The second-order valence-corrected chi connectivity index (χ2v) is 6.71. The largest absolute Gasteiger partial charge is 0.363 e. The van der Waals surface area contributed by atoms with Gasteiger partial charge in [-0.15, -0.1) is 5.10 Å². The van der Waals surface area contributed by atoms with Gasteiger partial charge >= 0.3 is 0 Å². The Hall–Kier alpha value is -3.99. The van der Waals surface area contributed by atoms with Crippen molar-refractivity contribution in [2.75, 3.05) is 5.32 Å². The lowest BCUT2D eigenvalue weighted by Gasteiger charge is -2.11. The topological polar surface area (TPSA) is 55.1 Å². The number of nitrogens with zero attached hydrogens (tertiary/aromatic N) is 4. The highest BCUT2D eigenvalue weighted by Crippen LogP contribution is 2.31. The van der Waals surface area contributed by atoms with Crippen LogP contribution in [-0.4, -0.2) is 19.6 Å². The van der Waals surface area contributed by atoms with E-state index in [4.69, 9.17) is 10.1 Å². The number of pyridine rings is 1. The number of rotatable bonds is 5. The van der Waals surface area contributed by atoms with Crippen molar-refractivity contribution in [3.63, 3.8) is 0 Å². The Morgan fingerprint density at radius 3 is 2.21 bits per heavy atom. The summed E-state index contributed by atoms with van der Waals surface area (Å²) in [5, 5.41) is 8.23. The molecule has 0 fully saturated rings. The summed E-state index contributed by atoms with van der Waals surface area (Å²) in [4.78, 5) is 9.28. The SMILES string of the molecule is c1ccc(-c2nc(NCc3ccccn3)c3c(-c4ccccc4)ccn3n2)cc1. The Labute approximate surface area is 168 Å². The average Bonchev–Trinajstić information content (AvgIpc) is 3.24. The summed E-state index contributed by atoms with van der Waals surface area (Å²) in [5.74, 6) is 1.46. The highest BCUT2D eigenvalue weighted by Gasteiger charge is 2.15. The van der Waals surface area contributed by atoms with Crippen molar-refractivity contribution in [1.29, 1.82) is 0 Å². The van der Waals surface area contributed by atoms with Crippen LogP contribution in [0.4, 0.5) is 5.82 Å². The van der Waals surface area contributed by atoms with Crippen LogP contribution in [-0.2, 0) is 6.54 Å². The molecule has 1 N–H and O–H groups in total. The molecule has 0 saturated carbocycles. The molecule has 140 valence electrons. The van der Waals surface area contributed by atoms with E-state index in [-0.39, 0.29) is 0 Å². The van der Waals surface area contributed by atoms with Crippen LogP contribution in [0.5, 0.6) is 0 Å². The van der Waals surface area contributed by atoms with Gasteiger partial charge in [0, 0.05) is 23.5 Å². The molecule has 5 rings (SSSR count). The van der Waals surface area contributed by atoms with Gasteiger partial charge in [-0.1, -0.05) is 66.7 Å². The average molecular weight is 377 g/mol. The normalized spacial score (nSPS) is 10.9. The maximum Gasteiger partial charge on any atom is 0.182 e. The third kappa shape index (κ3) is 3.46. The van der Waals surface area contributed by atoms with Gasteiger partial charge in [-0.3, -0.25) is 4.98 Å². The number of hydrogen-bond acceptors (Lipinski definition) is 4. The molecular weight excluding hydrogens is 358 g/mol. The molecule has 0 aliphatic heterocycles. The lowest BCUT2D eigenvalue weighted by Crippen LogP contribution is -2.08. The minimum absolute atomic E-state index is 0.584. The van der Waals surface area contributed by atoms with E-state index >= 15 is 0 Å². The zero-order chi connectivity index (χ0) is 19.5. The van der Waals surface area contributed by atoms with E-state index in [2.05, 4.69) is 28.5 Å². The molecule has 0 saturated heterocycles. The number of fused-ring (bicyclic) bond motifs is 1. The molecule has 2 aromatic carbocycles. The van der Waals surface area contributed by atoms with Crippen molar-refractivity contribution in [3.05, 3.63) is 103 Å². The standard InChI is InChI=1S/C24H19N5/c1-3-9-18(10-4-1)21-14-16-29-22(21)24(26-17-20-13-7-8-15-25-20)27-23(28-29)19-11-5-2-6-12-19/h1-16H,17H2,(H,26,27,28). The van der Waals surface area contributed by atoms with Gasteiger partial charge < -0.3 is 5.32 Å². The molecule has 29 heavy (non-hydrogen) atoms. The summed E-state index contributed by atoms with van der Waals surface area (Å²) in [6, 6.07) is 28.3. The quantitative estimate of drug-likeness (QED) is 0.465. The van der Waals surface area contributed by atoms with E-state index in [1.54, 1.807) is 6.20 Å². The van der Waals surface area contributed by atoms with E-state index in [1.807, 2.05) is 77.4 Å². The van der Waals surface area contributed by atoms with Gasteiger partial charge in [0.2, 0.25) is 0 Å². The van der Waals surface area contributed by atoms with Crippen LogP contribution in [0.2, 0.25) is 0 Å². The number of aromatic nitrogens is 4. The Bertz CT molecular complexity index is 1230. The van der Waals surface area contributed by atoms with E-state index < -0.39 is 0 Å². The Balaban J connectivity index is 1.64. The molecule has 0 aliphatic carbocycles. The monoisotopic (exact) mass is 377 g/mol.